The fraction of sp³-hybridized carbons (Fsp3) is 1.00. The lowest BCUT2D eigenvalue weighted by Crippen LogP contribution is -2.49. The lowest BCUT2D eigenvalue weighted by molar-refractivity contribution is -0.0284. The van der Waals surface area contributed by atoms with Crippen molar-refractivity contribution in [2.45, 2.75) is 33.3 Å². The largest absolute Gasteiger partial charge is 0.679 e. The van der Waals surface area contributed by atoms with E-state index in [9.17, 15) is 0 Å². The molecular weight excluding hydrogens is 228 g/mol. The van der Waals surface area contributed by atoms with Crippen LogP contribution in [0.3, 0.4) is 0 Å². The van der Waals surface area contributed by atoms with Crippen LogP contribution in [0.4, 0.5) is 0 Å². The van der Waals surface area contributed by atoms with Crippen LogP contribution in [0.5, 0.6) is 0 Å². The lowest BCUT2D eigenvalue weighted by Gasteiger charge is -2.26. The first-order chi connectivity index (χ1) is 7.76. The Labute approximate surface area is 98.5 Å². The first kappa shape index (κ1) is 14.1. The molecule has 0 bridgehead atoms. The van der Waals surface area contributed by atoms with E-state index >= 15 is 0 Å². The van der Waals surface area contributed by atoms with Gasteiger partial charge in [0, 0.05) is 26.4 Å². The van der Waals surface area contributed by atoms with Gasteiger partial charge in [-0.1, -0.05) is 0 Å². The van der Waals surface area contributed by atoms with Gasteiger partial charge in [0.25, 0.3) is 0 Å². The number of epoxide rings is 1. The second-order valence-corrected chi connectivity index (χ2v) is 5.55. The van der Waals surface area contributed by atoms with Crippen LogP contribution < -0.4 is 0 Å². The van der Waals surface area contributed by atoms with E-state index in [0.717, 1.165) is 13.0 Å². The summed E-state index contributed by atoms with van der Waals surface area (Å²) < 4.78 is 27.4. The summed E-state index contributed by atoms with van der Waals surface area (Å²) in [6, 6.07) is 0. The third kappa shape index (κ3) is 4.90. The summed E-state index contributed by atoms with van der Waals surface area (Å²) in [7, 11) is -2.89. The Balaban J connectivity index is 2.36. The van der Waals surface area contributed by atoms with E-state index in [4.69, 9.17) is 22.4 Å². The van der Waals surface area contributed by atoms with E-state index in [1.807, 2.05) is 20.8 Å². The topological polar surface area (TPSA) is 49.5 Å². The molecule has 0 saturated carbocycles. The van der Waals surface area contributed by atoms with E-state index in [0.29, 0.717) is 32.5 Å². The molecule has 1 unspecified atom stereocenters. The molecule has 0 N–H and O–H groups in total. The van der Waals surface area contributed by atoms with Crippen molar-refractivity contribution in [3.8, 4) is 0 Å². The van der Waals surface area contributed by atoms with E-state index < -0.39 is 9.05 Å². The van der Waals surface area contributed by atoms with Crippen LogP contribution >= 0.6 is 0 Å². The number of rotatable bonds is 10. The van der Waals surface area contributed by atoms with Crippen molar-refractivity contribution in [3.63, 3.8) is 0 Å². The molecule has 6 heteroatoms. The van der Waals surface area contributed by atoms with Gasteiger partial charge < -0.3 is 22.4 Å². The molecule has 1 fully saturated rings. The Bertz CT molecular complexity index is 169. The predicted octanol–water partition coefficient (Wildman–Crippen LogP) is 1.34. The number of ether oxygens (including phenoxy) is 1. The minimum atomic E-state index is -2.89. The van der Waals surface area contributed by atoms with Gasteiger partial charge in [-0.15, -0.1) is 0 Å². The highest BCUT2D eigenvalue weighted by atomic mass is 28.4. The second-order valence-electron chi connectivity index (χ2n) is 3.39. The Hall–Kier alpha value is 0.0169. The van der Waals surface area contributed by atoms with Crippen LogP contribution in [0.15, 0.2) is 0 Å². The van der Waals surface area contributed by atoms with Gasteiger partial charge in [0.15, 0.2) is 0 Å². The maximum absolute atomic E-state index is 5.69. The summed E-state index contributed by atoms with van der Waals surface area (Å²) in [4.78, 5) is 0. The van der Waals surface area contributed by atoms with Crippen LogP contribution in [-0.2, 0) is 22.4 Å². The molecule has 0 aliphatic carbocycles. The molecule has 0 amide bonds. The van der Waals surface area contributed by atoms with Crippen LogP contribution in [0.2, 0.25) is 0 Å². The summed E-state index contributed by atoms with van der Waals surface area (Å²) in [5, 5.41) is 0. The second kappa shape index (κ2) is 7.36. The lowest BCUT2D eigenvalue weighted by atomic mass is 10.4. The van der Waals surface area contributed by atoms with Crippen LogP contribution in [0.1, 0.15) is 27.2 Å². The van der Waals surface area contributed by atoms with Gasteiger partial charge in [0.2, 0.25) is 0 Å². The molecule has 1 rings (SSSR count). The van der Waals surface area contributed by atoms with Crippen molar-refractivity contribution >= 4 is 9.05 Å². The molecule has 1 heterocycles. The van der Waals surface area contributed by atoms with Crippen LogP contribution in [-0.4, -0.2) is 48.2 Å². The van der Waals surface area contributed by atoms with Crippen molar-refractivity contribution < 1.29 is 22.4 Å². The normalized spacial score (nSPS) is 20.1. The summed E-state index contributed by atoms with van der Waals surface area (Å²) in [5.74, 6) is 0. The highest BCUT2D eigenvalue weighted by molar-refractivity contribution is 6.53. The van der Waals surface area contributed by atoms with Gasteiger partial charge in [-0.2, -0.15) is 0 Å². The average molecular weight is 250 g/mol. The first-order valence-corrected chi connectivity index (χ1v) is 7.57. The SMILES string of the molecule is CCO[Si](OCC)(OCC)OCCC1CO1. The highest BCUT2D eigenvalue weighted by Gasteiger charge is 2.45. The maximum Gasteiger partial charge on any atom is 0.679 e. The third-order valence-corrected chi connectivity index (χ3v) is 4.57. The van der Waals surface area contributed by atoms with E-state index in [2.05, 4.69) is 0 Å². The van der Waals surface area contributed by atoms with Gasteiger partial charge in [-0.05, 0) is 27.2 Å². The maximum atomic E-state index is 5.69. The van der Waals surface area contributed by atoms with Crippen molar-refractivity contribution in [2.75, 3.05) is 33.0 Å². The molecule has 0 radical (unpaired) electrons. The zero-order valence-corrected chi connectivity index (χ0v) is 11.4. The van der Waals surface area contributed by atoms with Crippen molar-refractivity contribution in [3.05, 3.63) is 0 Å². The average Bonchev–Trinajstić information content (AvgIpc) is 3.03. The van der Waals surface area contributed by atoms with Crippen molar-refractivity contribution in [2.24, 2.45) is 0 Å². The van der Waals surface area contributed by atoms with E-state index in [1.165, 1.54) is 0 Å². The van der Waals surface area contributed by atoms with Crippen LogP contribution in [0.25, 0.3) is 0 Å². The smallest absolute Gasteiger partial charge is 0.373 e. The summed E-state index contributed by atoms with van der Waals surface area (Å²) >= 11 is 0. The summed E-state index contributed by atoms with van der Waals surface area (Å²) in [6.07, 6.45) is 1.23. The van der Waals surface area contributed by atoms with Gasteiger partial charge in [-0.25, -0.2) is 0 Å². The summed E-state index contributed by atoms with van der Waals surface area (Å²) in [6.45, 7) is 8.74. The molecule has 1 aliphatic rings. The Kier molecular flexibility index (Phi) is 6.48. The molecule has 0 aromatic heterocycles. The molecule has 1 atom stereocenters. The number of hydrogen-bond donors (Lipinski definition) is 0. The van der Waals surface area contributed by atoms with Gasteiger partial charge in [-0.3, -0.25) is 0 Å². The molecule has 96 valence electrons. The minimum absolute atomic E-state index is 0.358. The fourth-order valence-corrected chi connectivity index (χ4v) is 3.26. The molecule has 16 heavy (non-hydrogen) atoms. The molecule has 0 aromatic rings. The standard InChI is InChI=1S/C10H22O5Si/c1-4-12-16(13-5-2,14-6-3)15-8-7-10-9-11-10/h10H,4-9H2,1-3H3. The van der Waals surface area contributed by atoms with E-state index in [1.54, 1.807) is 0 Å². The zero-order chi connectivity index (χ0) is 11.9. The van der Waals surface area contributed by atoms with Gasteiger partial charge in [0.05, 0.1) is 12.7 Å². The molecule has 1 saturated heterocycles. The molecule has 0 aromatic carbocycles. The minimum Gasteiger partial charge on any atom is -0.373 e. The quantitative estimate of drug-likeness (QED) is 0.432. The highest BCUT2D eigenvalue weighted by Crippen LogP contribution is 2.17. The molecule has 0 spiro atoms. The Morgan fingerprint density at radius 3 is 1.88 bits per heavy atom. The Morgan fingerprint density at radius 2 is 1.50 bits per heavy atom. The van der Waals surface area contributed by atoms with Crippen molar-refractivity contribution in [1.29, 1.82) is 0 Å². The fourth-order valence-electron chi connectivity index (χ4n) is 1.33. The van der Waals surface area contributed by atoms with Crippen LogP contribution in [0, 0.1) is 0 Å². The Morgan fingerprint density at radius 1 is 1.00 bits per heavy atom. The first-order valence-electron chi connectivity index (χ1n) is 5.93. The molecular formula is C10H22O5Si. The van der Waals surface area contributed by atoms with Crippen molar-refractivity contribution in [1.82, 2.24) is 0 Å². The van der Waals surface area contributed by atoms with Gasteiger partial charge >= 0.3 is 9.05 Å². The zero-order valence-electron chi connectivity index (χ0n) is 10.4. The monoisotopic (exact) mass is 250 g/mol. The van der Waals surface area contributed by atoms with E-state index in [-0.39, 0.29) is 0 Å². The van der Waals surface area contributed by atoms with Gasteiger partial charge in [0.1, 0.15) is 0 Å². The molecule has 1 aliphatic heterocycles. The molecule has 5 nitrogen and oxygen atoms in total. The number of hydrogen-bond acceptors (Lipinski definition) is 5. The third-order valence-electron chi connectivity index (χ3n) is 2.08. The summed E-state index contributed by atoms with van der Waals surface area (Å²) in [5.41, 5.74) is 0. The predicted molar refractivity (Wildman–Crippen MR) is 60.9 cm³/mol.